The third kappa shape index (κ3) is 4.50. The second-order valence-corrected chi connectivity index (χ2v) is 7.57. The van der Waals surface area contributed by atoms with Crippen molar-refractivity contribution in [3.63, 3.8) is 0 Å². The summed E-state index contributed by atoms with van der Waals surface area (Å²) in [6.07, 6.45) is 0.768. The molecule has 7 heteroatoms. The molecule has 2 heterocycles. The van der Waals surface area contributed by atoms with E-state index in [1.165, 1.54) is 7.11 Å². The van der Waals surface area contributed by atoms with Crippen LogP contribution in [0.15, 0.2) is 54.6 Å². The number of carbonyl (C=O) groups is 1. The summed E-state index contributed by atoms with van der Waals surface area (Å²) in [4.78, 5) is 19.5. The number of anilines is 1. The minimum Gasteiger partial charge on any atom is -0.469 e. The van der Waals surface area contributed by atoms with Gasteiger partial charge in [0.05, 0.1) is 38.1 Å². The van der Waals surface area contributed by atoms with E-state index in [1.807, 2.05) is 42.5 Å². The first-order chi connectivity index (χ1) is 14.7. The summed E-state index contributed by atoms with van der Waals surface area (Å²) in [5, 5.41) is 0.658. The maximum atomic E-state index is 12.3. The average molecular weight is 426 g/mol. The molecular formula is C23H24ClN3O3. The van der Waals surface area contributed by atoms with Crippen LogP contribution in [0.5, 0.6) is 0 Å². The quantitative estimate of drug-likeness (QED) is 0.564. The van der Waals surface area contributed by atoms with Crippen molar-refractivity contribution >= 4 is 23.5 Å². The van der Waals surface area contributed by atoms with Gasteiger partial charge in [0.2, 0.25) is 5.95 Å². The van der Waals surface area contributed by atoms with Gasteiger partial charge in [-0.1, -0.05) is 41.9 Å². The minimum atomic E-state index is -0.298. The lowest BCUT2D eigenvalue weighted by atomic mass is 10.1. The van der Waals surface area contributed by atoms with Gasteiger partial charge in [-0.15, -0.1) is 0 Å². The Bertz CT molecular complexity index is 997. The Labute approximate surface area is 181 Å². The predicted molar refractivity (Wildman–Crippen MR) is 117 cm³/mol. The normalized spacial score (nSPS) is 14.0. The Morgan fingerprint density at radius 2 is 1.80 bits per heavy atom. The van der Waals surface area contributed by atoms with Crippen molar-refractivity contribution < 1.29 is 14.3 Å². The smallest absolute Gasteiger partial charge is 0.311 e. The summed E-state index contributed by atoms with van der Waals surface area (Å²) in [5.74, 6) is 0.512. The van der Waals surface area contributed by atoms with E-state index in [1.54, 1.807) is 0 Å². The maximum Gasteiger partial charge on any atom is 0.311 e. The number of ether oxygens (including phenoxy) is 2. The number of imidazole rings is 1. The number of aromatic nitrogens is 2. The van der Waals surface area contributed by atoms with E-state index in [0.717, 1.165) is 41.7 Å². The number of methoxy groups -OCH3 is 1. The van der Waals surface area contributed by atoms with Crippen LogP contribution in [0.1, 0.15) is 17.0 Å². The first-order valence-electron chi connectivity index (χ1n) is 9.95. The van der Waals surface area contributed by atoms with Gasteiger partial charge in [-0.2, -0.15) is 0 Å². The second-order valence-electron chi connectivity index (χ2n) is 7.13. The van der Waals surface area contributed by atoms with Crippen molar-refractivity contribution in [1.82, 2.24) is 9.55 Å². The Hall–Kier alpha value is -2.83. The largest absolute Gasteiger partial charge is 0.469 e. The van der Waals surface area contributed by atoms with Gasteiger partial charge < -0.3 is 14.4 Å². The van der Waals surface area contributed by atoms with E-state index in [4.69, 9.17) is 26.1 Å². The standard InChI is InChI=1S/C23H24ClN3O3/c1-29-22(28)16-21-20(15-17-5-3-2-4-6-17)25-23(26-11-13-30-14-12-26)27(21)19-9-7-18(24)8-10-19/h2-10H,11-16H2,1H3. The van der Waals surface area contributed by atoms with Gasteiger partial charge in [0.15, 0.2) is 0 Å². The second kappa shape index (κ2) is 9.32. The van der Waals surface area contributed by atoms with E-state index in [-0.39, 0.29) is 12.4 Å². The Balaban J connectivity index is 1.85. The Morgan fingerprint density at radius 3 is 2.47 bits per heavy atom. The molecule has 1 aliphatic heterocycles. The van der Waals surface area contributed by atoms with Crippen LogP contribution in [0.2, 0.25) is 5.02 Å². The fourth-order valence-electron chi connectivity index (χ4n) is 3.64. The highest BCUT2D eigenvalue weighted by Crippen LogP contribution is 2.29. The van der Waals surface area contributed by atoms with Crippen LogP contribution in [0.4, 0.5) is 5.95 Å². The molecule has 1 aliphatic rings. The lowest BCUT2D eigenvalue weighted by Crippen LogP contribution is -2.38. The minimum absolute atomic E-state index is 0.138. The molecule has 6 nitrogen and oxygen atoms in total. The number of hydrogen-bond acceptors (Lipinski definition) is 5. The summed E-state index contributed by atoms with van der Waals surface area (Å²) in [6, 6.07) is 17.7. The average Bonchev–Trinajstić information content (AvgIpc) is 3.13. The molecular weight excluding hydrogens is 402 g/mol. The number of carbonyl (C=O) groups excluding carboxylic acids is 1. The third-order valence-corrected chi connectivity index (χ3v) is 5.42. The lowest BCUT2D eigenvalue weighted by molar-refractivity contribution is -0.139. The number of halogens is 1. The molecule has 4 rings (SSSR count). The summed E-state index contributed by atoms with van der Waals surface area (Å²) >= 11 is 6.12. The number of rotatable bonds is 6. The SMILES string of the molecule is COC(=O)Cc1c(Cc2ccccc2)nc(N2CCOCC2)n1-c1ccc(Cl)cc1. The molecule has 0 saturated carbocycles. The zero-order chi connectivity index (χ0) is 20.9. The van der Waals surface area contributed by atoms with Crippen molar-refractivity contribution in [3.8, 4) is 5.69 Å². The molecule has 1 aromatic heterocycles. The molecule has 0 unspecified atom stereocenters. The van der Waals surface area contributed by atoms with Gasteiger partial charge in [-0.3, -0.25) is 9.36 Å². The van der Waals surface area contributed by atoms with Gasteiger partial charge in [0.25, 0.3) is 0 Å². The number of benzene rings is 2. The van der Waals surface area contributed by atoms with Crippen molar-refractivity contribution in [2.45, 2.75) is 12.8 Å². The molecule has 0 N–H and O–H groups in total. The van der Waals surface area contributed by atoms with E-state index in [2.05, 4.69) is 21.6 Å². The van der Waals surface area contributed by atoms with Gasteiger partial charge in [0.1, 0.15) is 0 Å². The molecule has 0 amide bonds. The Kier molecular flexibility index (Phi) is 6.35. The molecule has 3 aromatic rings. The summed E-state index contributed by atoms with van der Waals surface area (Å²) in [5.41, 5.74) is 3.74. The predicted octanol–water partition coefficient (Wildman–Crippen LogP) is 3.67. The monoisotopic (exact) mass is 425 g/mol. The highest BCUT2D eigenvalue weighted by molar-refractivity contribution is 6.30. The van der Waals surface area contributed by atoms with Crippen LogP contribution in [-0.2, 0) is 27.1 Å². The number of morpholine rings is 1. The fourth-order valence-corrected chi connectivity index (χ4v) is 3.77. The van der Waals surface area contributed by atoms with E-state index in [0.29, 0.717) is 24.7 Å². The van der Waals surface area contributed by atoms with Crippen LogP contribution in [0.3, 0.4) is 0 Å². The first kappa shape index (κ1) is 20.4. The van der Waals surface area contributed by atoms with E-state index >= 15 is 0 Å². The van der Waals surface area contributed by atoms with Gasteiger partial charge >= 0.3 is 5.97 Å². The molecule has 156 valence electrons. The van der Waals surface area contributed by atoms with Crippen molar-refractivity contribution in [2.75, 3.05) is 38.3 Å². The van der Waals surface area contributed by atoms with Crippen LogP contribution in [-0.4, -0.2) is 48.9 Å². The highest BCUT2D eigenvalue weighted by Gasteiger charge is 2.25. The number of hydrogen-bond donors (Lipinski definition) is 0. The molecule has 1 saturated heterocycles. The highest BCUT2D eigenvalue weighted by atomic mass is 35.5. The lowest BCUT2D eigenvalue weighted by Gasteiger charge is -2.28. The molecule has 0 atom stereocenters. The zero-order valence-electron chi connectivity index (χ0n) is 16.9. The Morgan fingerprint density at radius 1 is 1.10 bits per heavy atom. The van der Waals surface area contributed by atoms with Crippen molar-refractivity contribution in [3.05, 3.63) is 76.6 Å². The molecule has 0 radical (unpaired) electrons. The molecule has 1 fully saturated rings. The van der Waals surface area contributed by atoms with E-state index in [9.17, 15) is 4.79 Å². The molecule has 0 bridgehead atoms. The van der Waals surface area contributed by atoms with Crippen LogP contribution in [0.25, 0.3) is 5.69 Å². The molecule has 2 aromatic carbocycles. The fraction of sp³-hybridized carbons (Fsp3) is 0.304. The van der Waals surface area contributed by atoms with Crippen LogP contribution >= 0.6 is 11.6 Å². The zero-order valence-corrected chi connectivity index (χ0v) is 17.6. The maximum absolute atomic E-state index is 12.3. The summed E-state index contributed by atoms with van der Waals surface area (Å²) in [7, 11) is 1.41. The third-order valence-electron chi connectivity index (χ3n) is 5.17. The van der Waals surface area contributed by atoms with Gasteiger partial charge in [0, 0.05) is 30.2 Å². The van der Waals surface area contributed by atoms with E-state index < -0.39 is 0 Å². The molecule has 0 spiro atoms. The molecule has 30 heavy (non-hydrogen) atoms. The summed E-state index contributed by atoms with van der Waals surface area (Å²) < 4.78 is 12.6. The van der Waals surface area contributed by atoms with Crippen molar-refractivity contribution in [1.29, 1.82) is 0 Å². The number of esters is 1. The van der Waals surface area contributed by atoms with Gasteiger partial charge in [-0.05, 0) is 29.8 Å². The van der Waals surface area contributed by atoms with Gasteiger partial charge in [-0.25, -0.2) is 4.98 Å². The summed E-state index contributed by atoms with van der Waals surface area (Å²) in [6.45, 7) is 2.78. The van der Waals surface area contributed by atoms with Crippen LogP contribution in [0, 0.1) is 0 Å². The van der Waals surface area contributed by atoms with Crippen molar-refractivity contribution in [2.24, 2.45) is 0 Å². The molecule has 0 aliphatic carbocycles. The number of nitrogens with zero attached hydrogens (tertiary/aromatic N) is 3. The first-order valence-corrected chi connectivity index (χ1v) is 10.3. The topological polar surface area (TPSA) is 56.6 Å². The van der Waals surface area contributed by atoms with Crippen LogP contribution < -0.4 is 4.90 Å².